The van der Waals surface area contributed by atoms with Crippen LogP contribution in [0.5, 0.6) is 0 Å². The van der Waals surface area contributed by atoms with Gasteiger partial charge in [-0.05, 0) is 37.3 Å². The Labute approximate surface area is 201 Å². The Kier molecular flexibility index (Phi) is 8.42. The Morgan fingerprint density at radius 3 is 2.46 bits per heavy atom. The van der Waals surface area contributed by atoms with Gasteiger partial charge in [-0.1, -0.05) is 38.5 Å². The Hall–Kier alpha value is -3.08. The topological polar surface area (TPSA) is 104 Å². The minimum absolute atomic E-state index is 0.0158. The number of unbranched alkanes of at least 4 members (excludes halogenated alkanes) is 1. The van der Waals surface area contributed by atoms with Gasteiger partial charge < -0.3 is 10.6 Å². The summed E-state index contributed by atoms with van der Waals surface area (Å²) in [5.74, 6) is -0.542. The first-order chi connectivity index (χ1) is 16.6. The van der Waals surface area contributed by atoms with Gasteiger partial charge in [0.2, 0.25) is 5.91 Å². The van der Waals surface area contributed by atoms with Crippen LogP contribution in [0, 0.1) is 0 Å². The van der Waals surface area contributed by atoms with Gasteiger partial charge in [-0.15, -0.1) is 0 Å². The maximum Gasteiger partial charge on any atom is 0.416 e. The Balaban J connectivity index is 1.93. The van der Waals surface area contributed by atoms with E-state index >= 15 is 0 Å². The maximum absolute atomic E-state index is 13.5. The van der Waals surface area contributed by atoms with Crippen molar-refractivity contribution in [2.75, 3.05) is 23.7 Å². The number of aromatic amines is 1. The highest BCUT2D eigenvalue weighted by atomic mass is 19.4. The first-order valence-corrected chi connectivity index (χ1v) is 11.9. The minimum Gasteiger partial charge on any atom is -0.383 e. The van der Waals surface area contributed by atoms with Crippen molar-refractivity contribution in [1.29, 1.82) is 0 Å². The molecule has 0 spiro atoms. The number of halogens is 3. The van der Waals surface area contributed by atoms with E-state index in [0.29, 0.717) is 12.8 Å². The number of carbonyl (C=O) groups is 1. The molecule has 1 aliphatic rings. The van der Waals surface area contributed by atoms with Crippen LogP contribution in [0.25, 0.3) is 0 Å². The second kappa shape index (κ2) is 11.1. The van der Waals surface area contributed by atoms with Crippen molar-refractivity contribution in [3.63, 3.8) is 0 Å². The molecule has 192 valence electrons. The molecule has 0 bridgehead atoms. The first kappa shape index (κ1) is 26.5. The van der Waals surface area contributed by atoms with Crippen LogP contribution < -0.4 is 21.9 Å². The van der Waals surface area contributed by atoms with Gasteiger partial charge in [0.15, 0.2) is 5.69 Å². The summed E-state index contributed by atoms with van der Waals surface area (Å²) in [5.41, 5.74) is 4.05. The third-order valence-electron chi connectivity index (χ3n) is 6.07. The van der Waals surface area contributed by atoms with Crippen LogP contribution in [0.4, 0.5) is 24.7 Å². The summed E-state index contributed by atoms with van der Waals surface area (Å²) in [6, 6.07) is 5.32. The van der Waals surface area contributed by atoms with Gasteiger partial charge in [0.05, 0.1) is 12.1 Å². The zero-order valence-corrected chi connectivity index (χ0v) is 20.0. The molecule has 2 aromatic rings. The van der Waals surface area contributed by atoms with E-state index in [1.165, 1.54) is 21.6 Å². The smallest absolute Gasteiger partial charge is 0.383 e. The molecule has 1 amide bonds. The number of nitrogens with two attached hydrogens (primary N) is 1. The summed E-state index contributed by atoms with van der Waals surface area (Å²) in [4.78, 5) is 43.7. The fourth-order valence-electron chi connectivity index (χ4n) is 4.13. The van der Waals surface area contributed by atoms with Crippen molar-refractivity contribution in [1.82, 2.24) is 14.5 Å². The number of H-pyrrole nitrogens is 1. The Bertz CT molecular complexity index is 1150. The van der Waals surface area contributed by atoms with Crippen LogP contribution >= 0.6 is 0 Å². The summed E-state index contributed by atoms with van der Waals surface area (Å²) >= 11 is 0. The van der Waals surface area contributed by atoms with Gasteiger partial charge in [0, 0.05) is 25.7 Å². The largest absolute Gasteiger partial charge is 0.416 e. The molecule has 1 saturated carbocycles. The molecule has 0 saturated heterocycles. The summed E-state index contributed by atoms with van der Waals surface area (Å²) in [5, 5.41) is 0. The molecular formula is C24H32F3N5O3. The average molecular weight is 496 g/mol. The van der Waals surface area contributed by atoms with Gasteiger partial charge >= 0.3 is 11.9 Å². The van der Waals surface area contributed by atoms with Gasteiger partial charge in [-0.25, -0.2) is 4.79 Å². The molecular weight excluding hydrogens is 463 g/mol. The molecule has 0 unspecified atom stereocenters. The normalized spacial score (nSPS) is 13.9. The number of hydrogen-bond donors (Lipinski definition) is 2. The SMILES string of the molecule is CCCCN(C(=O)CN(Cc1ccccc1C(F)(F)F)C1CC1)c1c(N)n(CCC)c(=O)[nH]c1=O. The number of nitrogens with one attached hydrogen (secondary N) is 1. The highest BCUT2D eigenvalue weighted by Gasteiger charge is 2.37. The fraction of sp³-hybridized carbons (Fsp3) is 0.542. The Morgan fingerprint density at radius 1 is 1.17 bits per heavy atom. The lowest BCUT2D eigenvalue weighted by Crippen LogP contribution is -2.46. The number of nitrogens with zero attached hydrogens (tertiary/aromatic N) is 3. The third-order valence-corrected chi connectivity index (χ3v) is 6.07. The zero-order valence-electron chi connectivity index (χ0n) is 20.0. The van der Waals surface area contributed by atoms with Crippen LogP contribution in [0.1, 0.15) is 57.1 Å². The van der Waals surface area contributed by atoms with Crippen LogP contribution in [-0.2, 0) is 24.1 Å². The summed E-state index contributed by atoms with van der Waals surface area (Å²) < 4.78 is 41.8. The maximum atomic E-state index is 13.5. The molecule has 0 radical (unpaired) electrons. The average Bonchev–Trinajstić information content (AvgIpc) is 3.63. The van der Waals surface area contributed by atoms with Gasteiger partial charge in [0.1, 0.15) is 5.82 Å². The molecule has 1 aromatic heterocycles. The van der Waals surface area contributed by atoms with Gasteiger partial charge in [-0.2, -0.15) is 13.2 Å². The predicted octanol–water partition coefficient (Wildman–Crippen LogP) is 3.35. The number of amides is 1. The van der Waals surface area contributed by atoms with Crippen molar-refractivity contribution >= 4 is 17.4 Å². The second-order valence-corrected chi connectivity index (χ2v) is 8.83. The van der Waals surface area contributed by atoms with E-state index in [2.05, 4.69) is 4.98 Å². The molecule has 1 aromatic carbocycles. The molecule has 1 aliphatic carbocycles. The van der Waals surface area contributed by atoms with Crippen molar-refractivity contribution < 1.29 is 18.0 Å². The van der Waals surface area contributed by atoms with Crippen molar-refractivity contribution in [2.45, 2.75) is 71.3 Å². The number of aromatic nitrogens is 2. The summed E-state index contributed by atoms with van der Waals surface area (Å²) in [7, 11) is 0. The molecule has 1 fully saturated rings. The highest BCUT2D eigenvalue weighted by Crippen LogP contribution is 2.35. The zero-order chi connectivity index (χ0) is 25.8. The van der Waals surface area contributed by atoms with Gasteiger partial charge in [-0.3, -0.25) is 24.0 Å². The lowest BCUT2D eigenvalue weighted by atomic mass is 10.1. The number of rotatable bonds is 11. The summed E-state index contributed by atoms with van der Waals surface area (Å²) in [6.07, 6.45) is -1.04. The van der Waals surface area contributed by atoms with Crippen LogP contribution in [-0.4, -0.2) is 39.5 Å². The van der Waals surface area contributed by atoms with E-state index < -0.39 is 28.9 Å². The van der Waals surface area contributed by atoms with Crippen LogP contribution in [0.2, 0.25) is 0 Å². The molecule has 8 nitrogen and oxygen atoms in total. The number of carbonyl (C=O) groups excluding carboxylic acids is 1. The minimum atomic E-state index is -4.50. The molecule has 35 heavy (non-hydrogen) atoms. The molecule has 11 heteroatoms. The van der Waals surface area contributed by atoms with E-state index in [4.69, 9.17) is 5.73 Å². The molecule has 3 rings (SSSR count). The number of hydrogen-bond acceptors (Lipinski definition) is 5. The standard InChI is InChI=1S/C24H32F3N5O3/c1-3-5-13-31(20-21(28)32(12-4-2)23(35)29-22(20)34)19(33)15-30(17-10-11-17)14-16-8-6-7-9-18(16)24(25,26)27/h6-9,17H,3-5,10-15,28H2,1-2H3,(H,29,34,35). The van der Waals surface area contributed by atoms with E-state index in [9.17, 15) is 27.6 Å². The van der Waals surface area contributed by atoms with E-state index in [1.54, 1.807) is 11.0 Å². The van der Waals surface area contributed by atoms with Crippen LogP contribution in [0.3, 0.4) is 0 Å². The van der Waals surface area contributed by atoms with E-state index in [-0.39, 0.29) is 49.3 Å². The van der Waals surface area contributed by atoms with E-state index in [1.807, 2.05) is 13.8 Å². The molecule has 0 atom stereocenters. The Morgan fingerprint density at radius 2 is 1.86 bits per heavy atom. The number of anilines is 2. The third kappa shape index (κ3) is 6.33. The summed E-state index contributed by atoms with van der Waals surface area (Å²) in [6.45, 7) is 4.03. The van der Waals surface area contributed by atoms with Crippen molar-refractivity contribution in [2.24, 2.45) is 0 Å². The molecule has 3 N–H and O–H groups in total. The fourth-order valence-corrected chi connectivity index (χ4v) is 4.13. The second-order valence-electron chi connectivity index (χ2n) is 8.83. The number of nitrogen functional groups attached to an aromatic ring is 1. The monoisotopic (exact) mass is 495 g/mol. The quantitative estimate of drug-likeness (QED) is 0.498. The highest BCUT2D eigenvalue weighted by molar-refractivity contribution is 5.96. The predicted molar refractivity (Wildman–Crippen MR) is 128 cm³/mol. The van der Waals surface area contributed by atoms with Crippen LogP contribution in [0.15, 0.2) is 33.9 Å². The lowest BCUT2D eigenvalue weighted by molar-refractivity contribution is -0.138. The first-order valence-electron chi connectivity index (χ1n) is 11.9. The van der Waals surface area contributed by atoms with Crippen molar-refractivity contribution in [3.05, 3.63) is 56.2 Å². The lowest BCUT2D eigenvalue weighted by Gasteiger charge is -2.29. The van der Waals surface area contributed by atoms with Gasteiger partial charge in [0.25, 0.3) is 5.56 Å². The van der Waals surface area contributed by atoms with Crippen molar-refractivity contribution in [3.8, 4) is 0 Å². The number of benzene rings is 1. The molecule has 0 aliphatic heterocycles. The number of alkyl halides is 3. The molecule has 1 heterocycles. The van der Waals surface area contributed by atoms with E-state index in [0.717, 1.165) is 25.3 Å².